The van der Waals surface area contributed by atoms with Gasteiger partial charge in [0, 0.05) is 5.69 Å². The second kappa shape index (κ2) is 9.27. The molecule has 0 fully saturated rings. The standard InChI is InChI=1S/C17H29N3O/c1-3-5-7-9-13-11-12-15(18)14(10-8-6-4-2)16(13)20-17(19)21/h11-12H,3-10,18H2,1-2H3,(H3,19,20,21). The van der Waals surface area contributed by atoms with Crippen LogP contribution in [0.25, 0.3) is 0 Å². The maximum Gasteiger partial charge on any atom is 0.316 e. The van der Waals surface area contributed by atoms with Gasteiger partial charge in [0.25, 0.3) is 0 Å². The third-order valence-corrected chi connectivity index (χ3v) is 3.76. The van der Waals surface area contributed by atoms with Crippen LogP contribution in [0.4, 0.5) is 16.2 Å². The summed E-state index contributed by atoms with van der Waals surface area (Å²) < 4.78 is 0. The molecule has 0 spiro atoms. The van der Waals surface area contributed by atoms with Crippen molar-refractivity contribution in [2.45, 2.75) is 65.2 Å². The Kier molecular flexibility index (Phi) is 7.65. The number of nitrogens with two attached hydrogens (primary N) is 2. The van der Waals surface area contributed by atoms with Gasteiger partial charge in [0.15, 0.2) is 0 Å². The van der Waals surface area contributed by atoms with Crippen LogP contribution in [0.1, 0.15) is 63.5 Å². The van der Waals surface area contributed by atoms with Gasteiger partial charge in [-0.15, -0.1) is 0 Å². The van der Waals surface area contributed by atoms with E-state index in [1.807, 2.05) is 12.1 Å². The molecule has 118 valence electrons. The molecule has 0 aromatic heterocycles. The van der Waals surface area contributed by atoms with Crippen molar-refractivity contribution >= 4 is 17.4 Å². The van der Waals surface area contributed by atoms with Crippen LogP contribution in [0, 0.1) is 0 Å². The predicted octanol–water partition coefficient (Wildman–Crippen LogP) is 4.22. The lowest BCUT2D eigenvalue weighted by molar-refractivity contribution is 0.259. The molecule has 0 radical (unpaired) electrons. The predicted molar refractivity (Wildman–Crippen MR) is 90.5 cm³/mol. The van der Waals surface area contributed by atoms with Gasteiger partial charge in [-0.3, -0.25) is 0 Å². The topological polar surface area (TPSA) is 81.1 Å². The van der Waals surface area contributed by atoms with E-state index in [1.165, 1.54) is 12.8 Å². The summed E-state index contributed by atoms with van der Waals surface area (Å²) in [7, 11) is 0. The number of benzene rings is 1. The van der Waals surface area contributed by atoms with Gasteiger partial charge < -0.3 is 16.8 Å². The molecule has 0 atom stereocenters. The van der Waals surface area contributed by atoms with Crippen LogP contribution in [-0.4, -0.2) is 6.03 Å². The number of hydrogen-bond donors (Lipinski definition) is 3. The van der Waals surface area contributed by atoms with Crippen molar-refractivity contribution in [3.05, 3.63) is 23.3 Å². The van der Waals surface area contributed by atoms with E-state index in [1.54, 1.807) is 0 Å². The number of carbonyl (C=O) groups is 1. The molecule has 21 heavy (non-hydrogen) atoms. The first-order valence-corrected chi connectivity index (χ1v) is 8.06. The molecule has 1 rings (SSSR count). The molecule has 0 saturated heterocycles. The highest BCUT2D eigenvalue weighted by Crippen LogP contribution is 2.30. The van der Waals surface area contributed by atoms with Crippen molar-refractivity contribution in [3.8, 4) is 0 Å². The monoisotopic (exact) mass is 291 g/mol. The third kappa shape index (κ3) is 5.66. The number of primary amides is 1. The van der Waals surface area contributed by atoms with Crippen molar-refractivity contribution in [1.29, 1.82) is 0 Å². The Labute approximate surface area is 128 Å². The van der Waals surface area contributed by atoms with Gasteiger partial charge >= 0.3 is 6.03 Å². The van der Waals surface area contributed by atoms with Crippen LogP contribution in [0.2, 0.25) is 0 Å². The van der Waals surface area contributed by atoms with Crippen LogP contribution in [-0.2, 0) is 12.8 Å². The molecular formula is C17H29N3O. The lowest BCUT2D eigenvalue weighted by Gasteiger charge is -2.17. The molecule has 0 heterocycles. The number of amides is 2. The molecular weight excluding hydrogens is 262 g/mol. The Hall–Kier alpha value is -1.71. The first kappa shape index (κ1) is 17.3. The van der Waals surface area contributed by atoms with E-state index in [9.17, 15) is 4.79 Å². The average molecular weight is 291 g/mol. The number of hydrogen-bond acceptors (Lipinski definition) is 2. The van der Waals surface area contributed by atoms with Crippen LogP contribution in [0.3, 0.4) is 0 Å². The normalized spacial score (nSPS) is 10.6. The number of carbonyl (C=O) groups excluding carboxylic acids is 1. The van der Waals surface area contributed by atoms with Gasteiger partial charge in [0.1, 0.15) is 0 Å². The summed E-state index contributed by atoms with van der Waals surface area (Å²) in [4.78, 5) is 11.3. The van der Waals surface area contributed by atoms with Gasteiger partial charge in [-0.25, -0.2) is 4.79 Å². The maximum absolute atomic E-state index is 11.3. The lowest BCUT2D eigenvalue weighted by Crippen LogP contribution is -2.22. The lowest BCUT2D eigenvalue weighted by atomic mass is 9.96. The van der Waals surface area contributed by atoms with Crippen molar-refractivity contribution in [2.24, 2.45) is 5.73 Å². The highest BCUT2D eigenvalue weighted by Gasteiger charge is 2.13. The summed E-state index contributed by atoms with van der Waals surface area (Å²) >= 11 is 0. The summed E-state index contributed by atoms with van der Waals surface area (Å²) in [5.41, 5.74) is 15.2. The number of aryl methyl sites for hydroxylation is 1. The first-order valence-electron chi connectivity index (χ1n) is 8.06. The Bertz CT molecular complexity index is 458. The number of unbranched alkanes of at least 4 members (excludes halogenated alkanes) is 4. The molecule has 0 aliphatic carbocycles. The fourth-order valence-corrected chi connectivity index (χ4v) is 2.59. The van der Waals surface area contributed by atoms with Crippen LogP contribution < -0.4 is 16.8 Å². The van der Waals surface area contributed by atoms with Crippen molar-refractivity contribution in [2.75, 3.05) is 11.1 Å². The largest absolute Gasteiger partial charge is 0.398 e. The van der Waals surface area contributed by atoms with Crippen LogP contribution in [0.5, 0.6) is 0 Å². The summed E-state index contributed by atoms with van der Waals surface area (Å²) in [6, 6.07) is 3.45. The zero-order chi connectivity index (χ0) is 15.7. The van der Waals surface area contributed by atoms with Gasteiger partial charge in [-0.2, -0.15) is 0 Å². The summed E-state index contributed by atoms with van der Waals surface area (Å²) in [5, 5.41) is 2.80. The SMILES string of the molecule is CCCCCc1ccc(N)c(CCCCC)c1NC(N)=O. The minimum Gasteiger partial charge on any atom is -0.398 e. The quantitative estimate of drug-likeness (QED) is 0.470. The van der Waals surface area contributed by atoms with Gasteiger partial charge in [0.2, 0.25) is 0 Å². The summed E-state index contributed by atoms with van der Waals surface area (Å²) in [5.74, 6) is 0. The van der Waals surface area contributed by atoms with E-state index in [0.29, 0.717) is 0 Å². The van der Waals surface area contributed by atoms with Crippen molar-refractivity contribution in [1.82, 2.24) is 0 Å². The zero-order valence-electron chi connectivity index (χ0n) is 13.4. The fourth-order valence-electron chi connectivity index (χ4n) is 2.59. The second-order valence-corrected chi connectivity index (χ2v) is 5.57. The highest BCUT2D eigenvalue weighted by molar-refractivity contribution is 5.91. The number of nitrogens with one attached hydrogen (secondary N) is 1. The zero-order valence-corrected chi connectivity index (χ0v) is 13.4. The van der Waals surface area contributed by atoms with Crippen LogP contribution >= 0.6 is 0 Å². The molecule has 4 heteroatoms. The van der Waals surface area contributed by atoms with E-state index >= 15 is 0 Å². The third-order valence-electron chi connectivity index (χ3n) is 3.76. The van der Waals surface area contributed by atoms with E-state index in [2.05, 4.69) is 19.2 Å². The maximum atomic E-state index is 11.3. The van der Waals surface area contributed by atoms with Crippen molar-refractivity contribution < 1.29 is 4.79 Å². The number of nitrogen functional groups attached to an aromatic ring is 1. The average Bonchev–Trinajstić information content (AvgIpc) is 2.44. The minimum absolute atomic E-state index is 0.519. The van der Waals surface area contributed by atoms with E-state index < -0.39 is 6.03 Å². The molecule has 0 aliphatic heterocycles. The Morgan fingerprint density at radius 2 is 1.67 bits per heavy atom. The smallest absolute Gasteiger partial charge is 0.316 e. The Balaban J connectivity index is 2.99. The van der Waals surface area contributed by atoms with E-state index in [-0.39, 0.29) is 0 Å². The van der Waals surface area contributed by atoms with E-state index in [4.69, 9.17) is 11.5 Å². The highest BCUT2D eigenvalue weighted by atomic mass is 16.2. The van der Waals surface area contributed by atoms with Crippen LogP contribution in [0.15, 0.2) is 12.1 Å². The summed E-state index contributed by atoms with van der Waals surface area (Å²) in [6.45, 7) is 4.36. The first-order chi connectivity index (χ1) is 10.1. The molecule has 0 unspecified atom stereocenters. The Morgan fingerprint density at radius 1 is 1.05 bits per heavy atom. The molecule has 0 bridgehead atoms. The van der Waals surface area contributed by atoms with Gasteiger partial charge in [-0.1, -0.05) is 45.6 Å². The van der Waals surface area contributed by atoms with E-state index in [0.717, 1.165) is 61.0 Å². The van der Waals surface area contributed by atoms with Crippen molar-refractivity contribution in [3.63, 3.8) is 0 Å². The molecule has 2 amide bonds. The van der Waals surface area contributed by atoms with Gasteiger partial charge in [0.05, 0.1) is 5.69 Å². The Morgan fingerprint density at radius 3 is 2.24 bits per heavy atom. The summed E-state index contributed by atoms with van der Waals surface area (Å²) in [6.07, 6.45) is 8.71. The minimum atomic E-state index is -0.519. The molecule has 0 saturated carbocycles. The molecule has 1 aromatic carbocycles. The number of rotatable bonds is 9. The number of anilines is 2. The number of urea groups is 1. The fraction of sp³-hybridized carbons (Fsp3) is 0.588. The molecule has 0 aliphatic rings. The molecule has 5 N–H and O–H groups in total. The molecule has 1 aromatic rings. The second-order valence-electron chi connectivity index (χ2n) is 5.57. The molecule has 4 nitrogen and oxygen atoms in total. The van der Waals surface area contributed by atoms with Gasteiger partial charge in [-0.05, 0) is 42.9 Å².